The number of carbonyl (C=O) groups excluding carboxylic acids is 1. The van der Waals surface area contributed by atoms with Crippen LogP contribution in [-0.2, 0) is 14.8 Å². The summed E-state index contributed by atoms with van der Waals surface area (Å²) in [6, 6.07) is 10.4. The summed E-state index contributed by atoms with van der Waals surface area (Å²) >= 11 is 1.12. The zero-order valence-corrected chi connectivity index (χ0v) is 15.4. The van der Waals surface area contributed by atoms with Crippen LogP contribution in [0.2, 0.25) is 0 Å². The Balaban J connectivity index is 1.65. The zero-order valence-electron chi connectivity index (χ0n) is 13.8. The molecule has 0 aliphatic heterocycles. The SMILES string of the molecule is C[C@H](NC(=O)CN(C)S(=O)(=O)c1cccs1)c1nc2ccccc2[nH]1. The minimum Gasteiger partial charge on any atom is -0.345 e. The van der Waals surface area contributed by atoms with Gasteiger partial charge in [-0.25, -0.2) is 13.4 Å². The summed E-state index contributed by atoms with van der Waals surface area (Å²) in [6.45, 7) is 1.54. The maximum Gasteiger partial charge on any atom is 0.252 e. The van der Waals surface area contributed by atoms with Gasteiger partial charge < -0.3 is 10.3 Å². The number of fused-ring (bicyclic) bond motifs is 1. The number of hydrogen-bond acceptors (Lipinski definition) is 5. The fourth-order valence-electron chi connectivity index (χ4n) is 2.38. The molecule has 0 saturated heterocycles. The fraction of sp³-hybridized carbons (Fsp3) is 0.250. The van der Waals surface area contributed by atoms with Crippen molar-refractivity contribution in [3.05, 3.63) is 47.6 Å². The van der Waals surface area contributed by atoms with Crippen LogP contribution in [0.25, 0.3) is 11.0 Å². The van der Waals surface area contributed by atoms with Crippen molar-refractivity contribution < 1.29 is 13.2 Å². The van der Waals surface area contributed by atoms with Crippen molar-refractivity contribution >= 4 is 38.3 Å². The molecule has 7 nitrogen and oxygen atoms in total. The van der Waals surface area contributed by atoms with Crippen LogP contribution in [0.3, 0.4) is 0 Å². The molecule has 0 saturated carbocycles. The van der Waals surface area contributed by atoms with Gasteiger partial charge in [0.05, 0.1) is 23.6 Å². The molecule has 9 heteroatoms. The first-order valence-corrected chi connectivity index (χ1v) is 9.94. The van der Waals surface area contributed by atoms with Crippen LogP contribution in [0.4, 0.5) is 0 Å². The molecule has 1 aromatic carbocycles. The summed E-state index contributed by atoms with van der Waals surface area (Å²) in [5.41, 5.74) is 1.70. The number of amides is 1. The van der Waals surface area contributed by atoms with Crippen molar-refractivity contribution in [2.45, 2.75) is 17.2 Å². The van der Waals surface area contributed by atoms with E-state index in [1.54, 1.807) is 18.4 Å². The molecule has 2 heterocycles. The van der Waals surface area contributed by atoms with Gasteiger partial charge in [-0.3, -0.25) is 4.79 Å². The summed E-state index contributed by atoms with van der Waals surface area (Å²) in [6.07, 6.45) is 0. The second-order valence-electron chi connectivity index (χ2n) is 5.62. The first kappa shape index (κ1) is 17.6. The van der Waals surface area contributed by atoms with E-state index in [9.17, 15) is 13.2 Å². The van der Waals surface area contributed by atoms with E-state index >= 15 is 0 Å². The van der Waals surface area contributed by atoms with E-state index in [0.29, 0.717) is 5.82 Å². The summed E-state index contributed by atoms with van der Waals surface area (Å²) < 4.78 is 25.9. The first-order valence-electron chi connectivity index (χ1n) is 7.62. The standard InChI is InChI=1S/C16H18N4O3S2/c1-11(16-18-12-6-3-4-7-13(12)19-16)17-14(21)10-20(2)25(22,23)15-8-5-9-24-15/h3-9,11H,10H2,1-2H3,(H,17,21)(H,18,19)/t11-/m0/s1. The molecule has 132 valence electrons. The third kappa shape index (κ3) is 3.73. The number of imidazole rings is 1. The van der Waals surface area contributed by atoms with Crippen LogP contribution in [0.5, 0.6) is 0 Å². The minimum atomic E-state index is -3.64. The van der Waals surface area contributed by atoms with E-state index < -0.39 is 15.9 Å². The Morgan fingerprint density at radius 3 is 2.76 bits per heavy atom. The number of nitrogens with one attached hydrogen (secondary N) is 2. The van der Waals surface area contributed by atoms with E-state index in [1.807, 2.05) is 24.3 Å². The number of H-pyrrole nitrogens is 1. The number of hydrogen-bond donors (Lipinski definition) is 2. The van der Waals surface area contributed by atoms with Gasteiger partial charge >= 0.3 is 0 Å². The minimum absolute atomic E-state index is 0.216. The molecule has 3 aromatic rings. The van der Waals surface area contributed by atoms with E-state index in [4.69, 9.17) is 0 Å². The van der Waals surface area contributed by atoms with Crippen LogP contribution in [0.1, 0.15) is 18.8 Å². The smallest absolute Gasteiger partial charge is 0.252 e. The summed E-state index contributed by atoms with van der Waals surface area (Å²) in [5.74, 6) is 0.230. The molecule has 0 aliphatic carbocycles. The van der Waals surface area contributed by atoms with Crippen LogP contribution in [-0.4, -0.2) is 42.2 Å². The molecule has 1 amide bonds. The fourth-order valence-corrected chi connectivity index (χ4v) is 4.71. The number of nitrogens with zero attached hydrogens (tertiary/aromatic N) is 2. The lowest BCUT2D eigenvalue weighted by Gasteiger charge is -2.17. The summed E-state index contributed by atoms with van der Waals surface area (Å²) in [7, 11) is -2.25. The molecule has 0 radical (unpaired) electrons. The maximum atomic E-state index is 12.3. The molecule has 2 N–H and O–H groups in total. The highest BCUT2D eigenvalue weighted by atomic mass is 32.2. The summed E-state index contributed by atoms with van der Waals surface area (Å²) in [4.78, 5) is 19.8. The highest BCUT2D eigenvalue weighted by molar-refractivity contribution is 7.91. The van der Waals surface area contributed by atoms with E-state index in [1.165, 1.54) is 13.1 Å². The van der Waals surface area contributed by atoms with Crippen LogP contribution < -0.4 is 5.32 Å². The number of benzene rings is 1. The number of para-hydroxylation sites is 2. The van der Waals surface area contributed by atoms with Gasteiger partial charge in [-0.05, 0) is 30.5 Å². The second-order valence-corrected chi connectivity index (χ2v) is 8.84. The molecule has 1 atom stereocenters. The quantitative estimate of drug-likeness (QED) is 0.687. The van der Waals surface area contributed by atoms with Gasteiger partial charge in [-0.2, -0.15) is 4.31 Å². The molecular weight excluding hydrogens is 360 g/mol. The lowest BCUT2D eigenvalue weighted by Crippen LogP contribution is -2.39. The number of likely N-dealkylation sites (N-methyl/N-ethyl adjacent to an activating group) is 1. The topological polar surface area (TPSA) is 95.2 Å². The highest BCUT2D eigenvalue weighted by Crippen LogP contribution is 2.20. The molecule has 0 bridgehead atoms. The van der Waals surface area contributed by atoms with Crippen molar-refractivity contribution in [3.63, 3.8) is 0 Å². The summed E-state index contributed by atoms with van der Waals surface area (Å²) in [5, 5.41) is 4.45. The van der Waals surface area contributed by atoms with Crippen molar-refractivity contribution in [3.8, 4) is 0 Å². The predicted molar refractivity (Wildman–Crippen MR) is 96.8 cm³/mol. The number of rotatable bonds is 6. The predicted octanol–water partition coefficient (Wildman–Crippen LogP) is 2.12. The monoisotopic (exact) mass is 378 g/mol. The second kappa shape index (κ2) is 6.95. The van der Waals surface area contributed by atoms with Gasteiger partial charge in [0.25, 0.3) is 10.0 Å². The van der Waals surface area contributed by atoms with Gasteiger partial charge in [0, 0.05) is 7.05 Å². The lowest BCUT2D eigenvalue weighted by molar-refractivity contribution is -0.121. The van der Waals surface area contributed by atoms with Crippen molar-refractivity contribution in [1.82, 2.24) is 19.6 Å². The number of sulfonamides is 1. The Hall–Kier alpha value is -2.23. The van der Waals surface area contributed by atoms with Crippen LogP contribution in [0, 0.1) is 0 Å². The number of carbonyl (C=O) groups is 1. The first-order chi connectivity index (χ1) is 11.9. The zero-order chi connectivity index (χ0) is 18.0. The normalized spacial score (nSPS) is 13.2. The van der Waals surface area contributed by atoms with E-state index in [-0.39, 0.29) is 16.8 Å². The molecule has 25 heavy (non-hydrogen) atoms. The van der Waals surface area contributed by atoms with Crippen molar-refractivity contribution in [2.24, 2.45) is 0 Å². The Bertz CT molecular complexity index is 947. The van der Waals surface area contributed by atoms with Crippen molar-refractivity contribution in [1.29, 1.82) is 0 Å². The van der Waals surface area contributed by atoms with Gasteiger partial charge in [0.2, 0.25) is 5.91 Å². The average molecular weight is 378 g/mol. The highest BCUT2D eigenvalue weighted by Gasteiger charge is 2.24. The molecule has 0 spiro atoms. The van der Waals surface area contributed by atoms with E-state index in [0.717, 1.165) is 26.7 Å². The number of aromatic nitrogens is 2. The number of thiophene rings is 1. The molecule has 0 unspecified atom stereocenters. The Morgan fingerprint density at radius 2 is 2.08 bits per heavy atom. The van der Waals surface area contributed by atoms with Gasteiger partial charge in [-0.15, -0.1) is 11.3 Å². The third-order valence-electron chi connectivity index (χ3n) is 3.72. The largest absolute Gasteiger partial charge is 0.345 e. The molecular formula is C16H18N4O3S2. The average Bonchev–Trinajstić information content (AvgIpc) is 3.24. The van der Waals surface area contributed by atoms with E-state index in [2.05, 4.69) is 15.3 Å². The lowest BCUT2D eigenvalue weighted by atomic mass is 10.3. The third-order valence-corrected chi connectivity index (χ3v) is 6.90. The Kier molecular flexibility index (Phi) is 4.89. The van der Waals surface area contributed by atoms with Gasteiger partial charge in [0.15, 0.2) is 0 Å². The Morgan fingerprint density at radius 1 is 1.32 bits per heavy atom. The molecule has 0 fully saturated rings. The van der Waals surface area contributed by atoms with Gasteiger partial charge in [0.1, 0.15) is 10.0 Å². The Labute approximate surface area is 149 Å². The molecule has 0 aliphatic rings. The maximum absolute atomic E-state index is 12.3. The van der Waals surface area contributed by atoms with Crippen LogP contribution >= 0.6 is 11.3 Å². The van der Waals surface area contributed by atoms with Gasteiger partial charge in [-0.1, -0.05) is 18.2 Å². The van der Waals surface area contributed by atoms with Crippen LogP contribution in [0.15, 0.2) is 46.0 Å². The molecule has 3 rings (SSSR count). The molecule has 2 aromatic heterocycles. The number of aromatic amines is 1. The van der Waals surface area contributed by atoms with Crippen molar-refractivity contribution in [2.75, 3.05) is 13.6 Å².